The summed E-state index contributed by atoms with van der Waals surface area (Å²) >= 11 is 3.51. The second-order valence-corrected chi connectivity index (χ2v) is 4.33. The third-order valence-corrected chi connectivity index (χ3v) is 3.05. The minimum atomic E-state index is 0.0916. The van der Waals surface area contributed by atoms with Gasteiger partial charge in [0.25, 0.3) is 0 Å². The van der Waals surface area contributed by atoms with Crippen molar-refractivity contribution in [3.63, 3.8) is 0 Å². The van der Waals surface area contributed by atoms with E-state index >= 15 is 0 Å². The molecule has 0 spiro atoms. The highest BCUT2D eigenvalue weighted by Gasteiger charge is 2.03. The monoisotopic (exact) mass is 274 g/mol. The summed E-state index contributed by atoms with van der Waals surface area (Å²) in [4.78, 5) is 0. The van der Waals surface area contributed by atoms with Gasteiger partial charge in [0, 0.05) is 10.0 Å². The van der Waals surface area contributed by atoms with Crippen LogP contribution in [0.15, 0.2) is 53.0 Å². The van der Waals surface area contributed by atoms with Gasteiger partial charge < -0.3 is 5.73 Å². The maximum absolute atomic E-state index is 7.41. The first kappa shape index (κ1) is 10.9. The zero-order valence-corrected chi connectivity index (χ0v) is 10.2. The van der Waals surface area contributed by atoms with E-state index in [1.54, 1.807) is 0 Å². The molecule has 16 heavy (non-hydrogen) atoms. The first-order valence-electron chi connectivity index (χ1n) is 4.88. The second-order valence-electron chi connectivity index (χ2n) is 3.47. The predicted octanol–water partition coefficient (Wildman–Crippen LogP) is 3.40. The van der Waals surface area contributed by atoms with Gasteiger partial charge in [0.05, 0.1) is 0 Å². The van der Waals surface area contributed by atoms with E-state index in [2.05, 4.69) is 15.9 Å². The van der Waals surface area contributed by atoms with Gasteiger partial charge >= 0.3 is 0 Å². The SMILES string of the molecule is N=C(N)c1cccc(-c2ccccc2Br)c1. The highest BCUT2D eigenvalue weighted by atomic mass is 79.9. The fourth-order valence-electron chi connectivity index (χ4n) is 1.55. The van der Waals surface area contributed by atoms with Gasteiger partial charge in [0.15, 0.2) is 0 Å². The van der Waals surface area contributed by atoms with Crippen molar-refractivity contribution in [3.05, 3.63) is 58.6 Å². The molecule has 0 saturated heterocycles. The minimum absolute atomic E-state index is 0.0916. The normalized spacial score (nSPS) is 10.1. The van der Waals surface area contributed by atoms with Crippen molar-refractivity contribution in [1.29, 1.82) is 5.41 Å². The van der Waals surface area contributed by atoms with Gasteiger partial charge in [0.1, 0.15) is 5.84 Å². The lowest BCUT2D eigenvalue weighted by Crippen LogP contribution is -2.10. The Morgan fingerprint density at radius 3 is 2.50 bits per heavy atom. The van der Waals surface area contributed by atoms with Crippen molar-refractivity contribution in [2.45, 2.75) is 0 Å². The van der Waals surface area contributed by atoms with Crippen molar-refractivity contribution in [1.82, 2.24) is 0 Å². The van der Waals surface area contributed by atoms with Crippen molar-refractivity contribution >= 4 is 21.8 Å². The summed E-state index contributed by atoms with van der Waals surface area (Å²) in [5.41, 5.74) is 8.37. The highest BCUT2D eigenvalue weighted by Crippen LogP contribution is 2.28. The van der Waals surface area contributed by atoms with Gasteiger partial charge in [-0.15, -0.1) is 0 Å². The molecule has 0 radical (unpaired) electrons. The van der Waals surface area contributed by atoms with Gasteiger partial charge in [-0.2, -0.15) is 0 Å². The average molecular weight is 275 g/mol. The quantitative estimate of drug-likeness (QED) is 0.640. The lowest BCUT2D eigenvalue weighted by atomic mass is 10.0. The van der Waals surface area contributed by atoms with Crippen LogP contribution in [-0.4, -0.2) is 5.84 Å². The minimum Gasteiger partial charge on any atom is -0.384 e. The molecule has 0 saturated carbocycles. The van der Waals surface area contributed by atoms with E-state index in [0.29, 0.717) is 0 Å². The van der Waals surface area contributed by atoms with E-state index in [1.807, 2.05) is 48.5 Å². The van der Waals surface area contributed by atoms with Crippen molar-refractivity contribution in [3.8, 4) is 11.1 Å². The van der Waals surface area contributed by atoms with Gasteiger partial charge in [-0.1, -0.05) is 52.3 Å². The molecule has 0 aromatic heterocycles. The number of amidine groups is 1. The molecule has 2 rings (SSSR count). The van der Waals surface area contributed by atoms with E-state index in [9.17, 15) is 0 Å². The van der Waals surface area contributed by atoms with Crippen LogP contribution in [0.1, 0.15) is 5.56 Å². The van der Waals surface area contributed by atoms with Crippen molar-refractivity contribution in [2.75, 3.05) is 0 Å². The Kier molecular flexibility index (Phi) is 3.06. The summed E-state index contributed by atoms with van der Waals surface area (Å²) in [6, 6.07) is 15.7. The molecule has 3 heteroatoms. The summed E-state index contributed by atoms with van der Waals surface area (Å²) in [6.07, 6.45) is 0. The largest absolute Gasteiger partial charge is 0.384 e. The number of nitrogens with one attached hydrogen (secondary N) is 1. The lowest BCUT2D eigenvalue weighted by Gasteiger charge is -2.06. The maximum Gasteiger partial charge on any atom is 0.122 e. The first-order valence-corrected chi connectivity index (χ1v) is 5.67. The highest BCUT2D eigenvalue weighted by molar-refractivity contribution is 9.10. The van der Waals surface area contributed by atoms with E-state index < -0.39 is 0 Å². The third-order valence-electron chi connectivity index (χ3n) is 2.36. The van der Waals surface area contributed by atoms with E-state index in [-0.39, 0.29) is 5.84 Å². The molecule has 0 aliphatic rings. The molecule has 2 aromatic rings. The maximum atomic E-state index is 7.41. The van der Waals surface area contributed by atoms with Crippen LogP contribution in [0, 0.1) is 5.41 Å². The molecule has 0 bridgehead atoms. The Bertz CT molecular complexity index is 535. The second kappa shape index (κ2) is 4.49. The zero-order chi connectivity index (χ0) is 11.5. The first-order chi connectivity index (χ1) is 7.68. The fourth-order valence-corrected chi connectivity index (χ4v) is 2.06. The Hall–Kier alpha value is -1.61. The number of rotatable bonds is 2. The topological polar surface area (TPSA) is 49.9 Å². The predicted molar refractivity (Wildman–Crippen MR) is 70.6 cm³/mol. The van der Waals surface area contributed by atoms with Crippen molar-refractivity contribution < 1.29 is 0 Å². The average Bonchev–Trinajstić information content (AvgIpc) is 2.30. The molecule has 2 aromatic carbocycles. The summed E-state index contributed by atoms with van der Waals surface area (Å²) in [5.74, 6) is 0.0916. The van der Waals surface area contributed by atoms with Gasteiger partial charge in [0.2, 0.25) is 0 Å². The number of hydrogen-bond acceptors (Lipinski definition) is 1. The molecule has 0 aliphatic carbocycles. The van der Waals surface area contributed by atoms with Gasteiger partial charge in [-0.25, -0.2) is 0 Å². The molecule has 0 aliphatic heterocycles. The number of benzene rings is 2. The number of nitrogen functional groups attached to an aromatic ring is 1. The number of hydrogen-bond donors (Lipinski definition) is 2. The molecular weight excluding hydrogens is 264 g/mol. The van der Waals surface area contributed by atoms with Crippen LogP contribution in [0.25, 0.3) is 11.1 Å². The van der Waals surface area contributed by atoms with Gasteiger partial charge in [-0.3, -0.25) is 5.41 Å². The Balaban J connectivity index is 2.53. The summed E-state index contributed by atoms with van der Waals surface area (Å²) in [5, 5.41) is 7.41. The number of nitrogens with two attached hydrogens (primary N) is 1. The van der Waals surface area contributed by atoms with E-state index in [1.165, 1.54) is 0 Å². The van der Waals surface area contributed by atoms with Crippen LogP contribution >= 0.6 is 15.9 Å². The molecule has 0 unspecified atom stereocenters. The lowest BCUT2D eigenvalue weighted by molar-refractivity contribution is 1.42. The summed E-state index contributed by atoms with van der Waals surface area (Å²) < 4.78 is 1.04. The molecule has 0 amide bonds. The summed E-state index contributed by atoms with van der Waals surface area (Å²) in [6.45, 7) is 0. The van der Waals surface area contributed by atoms with E-state index in [0.717, 1.165) is 21.2 Å². The summed E-state index contributed by atoms with van der Waals surface area (Å²) in [7, 11) is 0. The Morgan fingerprint density at radius 1 is 1.06 bits per heavy atom. The van der Waals surface area contributed by atoms with Gasteiger partial charge in [-0.05, 0) is 23.3 Å². The van der Waals surface area contributed by atoms with E-state index in [4.69, 9.17) is 11.1 Å². The third kappa shape index (κ3) is 2.14. The molecule has 0 atom stereocenters. The molecular formula is C13H11BrN2. The van der Waals surface area contributed by atoms with Crippen LogP contribution in [0.3, 0.4) is 0 Å². The van der Waals surface area contributed by atoms with Crippen molar-refractivity contribution in [2.24, 2.45) is 5.73 Å². The van der Waals surface area contributed by atoms with Crippen LogP contribution in [-0.2, 0) is 0 Å². The molecule has 2 nitrogen and oxygen atoms in total. The number of halogens is 1. The smallest absolute Gasteiger partial charge is 0.122 e. The molecule has 0 fully saturated rings. The molecule has 80 valence electrons. The Morgan fingerprint density at radius 2 is 1.81 bits per heavy atom. The van der Waals surface area contributed by atoms with Crippen LogP contribution in [0.5, 0.6) is 0 Å². The van der Waals surface area contributed by atoms with Crippen LogP contribution < -0.4 is 5.73 Å². The zero-order valence-electron chi connectivity index (χ0n) is 8.57. The fraction of sp³-hybridized carbons (Fsp3) is 0. The molecule has 3 N–H and O–H groups in total. The molecule has 0 heterocycles. The van der Waals surface area contributed by atoms with Crippen LogP contribution in [0.2, 0.25) is 0 Å². The van der Waals surface area contributed by atoms with Crippen LogP contribution in [0.4, 0.5) is 0 Å². The standard InChI is InChI=1S/C13H11BrN2/c14-12-7-2-1-6-11(12)9-4-3-5-10(8-9)13(15)16/h1-8H,(H3,15,16). The Labute approximate surface area is 103 Å².